The number of rotatable bonds is 5. The van der Waals surface area contributed by atoms with E-state index in [0.29, 0.717) is 26.9 Å². The van der Waals surface area contributed by atoms with Crippen LogP contribution in [0.1, 0.15) is 15.9 Å². The van der Waals surface area contributed by atoms with Gasteiger partial charge in [-0.3, -0.25) is 9.59 Å². The van der Waals surface area contributed by atoms with Crippen molar-refractivity contribution in [1.82, 2.24) is 5.43 Å². The number of ether oxygens (including phenoxy) is 1. The van der Waals surface area contributed by atoms with E-state index in [2.05, 4.69) is 15.8 Å². The standard InChI is InChI=1S/C26H17Cl2N3O4/c27-18-8-5-17(6-9-18)26(34)35-23-14-7-16-3-1-2-4-21(16)22(23)15-29-31-25(33)24(32)30-20-12-10-19(28)11-13-20/h1-15H,(H,30,32)(H,31,33)/b29-15+. The Bertz CT molecular complexity index is 1440. The average Bonchev–Trinajstić information content (AvgIpc) is 2.86. The fourth-order valence-electron chi connectivity index (χ4n) is 3.17. The number of amides is 2. The first-order valence-corrected chi connectivity index (χ1v) is 11.1. The van der Waals surface area contributed by atoms with E-state index in [1.165, 1.54) is 6.21 Å². The number of hydrazone groups is 1. The fourth-order valence-corrected chi connectivity index (χ4v) is 3.42. The van der Waals surface area contributed by atoms with Crippen LogP contribution in [-0.2, 0) is 9.59 Å². The number of carbonyl (C=O) groups excluding carboxylic acids is 3. The van der Waals surface area contributed by atoms with Gasteiger partial charge in [0.25, 0.3) is 0 Å². The predicted molar refractivity (Wildman–Crippen MR) is 136 cm³/mol. The summed E-state index contributed by atoms with van der Waals surface area (Å²) < 4.78 is 5.60. The molecule has 0 spiro atoms. The molecular formula is C26H17Cl2N3O4. The number of hydrogen-bond acceptors (Lipinski definition) is 5. The van der Waals surface area contributed by atoms with Crippen LogP contribution in [0.25, 0.3) is 10.8 Å². The van der Waals surface area contributed by atoms with Crippen LogP contribution >= 0.6 is 23.2 Å². The zero-order valence-corrected chi connectivity index (χ0v) is 19.5. The van der Waals surface area contributed by atoms with E-state index in [4.69, 9.17) is 27.9 Å². The molecule has 2 N–H and O–H groups in total. The molecule has 4 rings (SSSR count). The minimum atomic E-state index is -0.976. The van der Waals surface area contributed by atoms with Gasteiger partial charge in [0, 0.05) is 21.3 Å². The van der Waals surface area contributed by atoms with Crippen LogP contribution in [0.15, 0.2) is 90.0 Å². The highest BCUT2D eigenvalue weighted by Crippen LogP contribution is 2.27. The summed E-state index contributed by atoms with van der Waals surface area (Å²) in [6.45, 7) is 0. The van der Waals surface area contributed by atoms with Gasteiger partial charge in [-0.05, 0) is 65.4 Å². The van der Waals surface area contributed by atoms with Crippen molar-refractivity contribution in [2.45, 2.75) is 0 Å². The molecule has 9 heteroatoms. The largest absolute Gasteiger partial charge is 0.422 e. The summed E-state index contributed by atoms with van der Waals surface area (Å²) in [7, 11) is 0. The summed E-state index contributed by atoms with van der Waals surface area (Å²) in [5.41, 5.74) is 3.35. The Labute approximate surface area is 210 Å². The van der Waals surface area contributed by atoms with Crippen LogP contribution in [0.4, 0.5) is 5.69 Å². The summed E-state index contributed by atoms with van der Waals surface area (Å²) >= 11 is 11.7. The van der Waals surface area contributed by atoms with E-state index in [9.17, 15) is 14.4 Å². The molecule has 0 aliphatic heterocycles. The molecule has 7 nitrogen and oxygen atoms in total. The average molecular weight is 506 g/mol. The zero-order valence-electron chi connectivity index (χ0n) is 18.0. The maximum Gasteiger partial charge on any atom is 0.343 e. The first-order chi connectivity index (χ1) is 16.9. The Hall–Kier alpha value is -4.20. The molecule has 35 heavy (non-hydrogen) atoms. The molecule has 4 aromatic carbocycles. The van der Waals surface area contributed by atoms with Gasteiger partial charge in [0.1, 0.15) is 5.75 Å². The van der Waals surface area contributed by atoms with Gasteiger partial charge in [0.15, 0.2) is 0 Å². The number of hydrogen-bond donors (Lipinski definition) is 2. The Balaban J connectivity index is 1.53. The Morgan fingerprint density at radius 1 is 0.771 bits per heavy atom. The second kappa shape index (κ2) is 10.8. The molecule has 0 heterocycles. The Kier molecular flexibility index (Phi) is 7.40. The molecule has 0 aromatic heterocycles. The number of halogens is 2. The highest BCUT2D eigenvalue weighted by atomic mass is 35.5. The second-order valence-corrected chi connectivity index (χ2v) is 8.13. The third-order valence-electron chi connectivity index (χ3n) is 4.88. The summed E-state index contributed by atoms with van der Waals surface area (Å²) in [6, 6.07) is 23.4. The van der Waals surface area contributed by atoms with Crippen LogP contribution in [0.2, 0.25) is 10.0 Å². The summed E-state index contributed by atoms with van der Waals surface area (Å²) in [5.74, 6) is -2.24. The van der Waals surface area contributed by atoms with Gasteiger partial charge in [0.05, 0.1) is 11.8 Å². The van der Waals surface area contributed by atoms with Crippen LogP contribution in [0.3, 0.4) is 0 Å². The first kappa shape index (κ1) is 23.9. The predicted octanol–water partition coefficient (Wildman–Crippen LogP) is 5.45. The molecule has 0 bridgehead atoms. The molecule has 0 radical (unpaired) electrons. The Morgan fingerprint density at radius 2 is 1.43 bits per heavy atom. The maximum atomic E-state index is 12.6. The fraction of sp³-hybridized carbons (Fsp3) is 0. The van der Waals surface area contributed by atoms with Gasteiger partial charge in [-0.25, -0.2) is 10.2 Å². The van der Waals surface area contributed by atoms with Crippen molar-refractivity contribution in [1.29, 1.82) is 0 Å². The van der Waals surface area contributed by atoms with Crippen molar-refractivity contribution in [3.05, 3.63) is 106 Å². The van der Waals surface area contributed by atoms with Crippen molar-refractivity contribution in [3.8, 4) is 5.75 Å². The van der Waals surface area contributed by atoms with Crippen LogP contribution in [0.5, 0.6) is 5.75 Å². The quantitative estimate of drug-likeness (QED) is 0.124. The lowest BCUT2D eigenvalue weighted by Crippen LogP contribution is -2.32. The zero-order chi connectivity index (χ0) is 24.8. The van der Waals surface area contributed by atoms with Gasteiger partial charge in [-0.1, -0.05) is 53.5 Å². The lowest BCUT2D eigenvalue weighted by atomic mass is 10.0. The minimum Gasteiger partial charge on any atom is -0.422 e. The van der Waals surface area contributed by atoms with E-state index in [0.717, 1.165) is 10.8 Å². The lowest BCUT2D eigenvalue weighted by Gasteiger charge is -2.10. The van der Waals surface area contributed by atoms with Gasteiger partial charge in [-0.15, -0.1) is 0 Å². The molecule has 174 valence electrons. The second-order valence-electron chi connectivity index (χ2n) is 7.26. The number of anilines is 1. The van der Waals surface area contributed by atoms with Crippen molar-refractivity contribution in [2.24, 2.45) is 5.10 Å². The van der Waals surface area contributed by atoms with Crippen LogP contribution < -0.4 is 15.5 Å². The van der Waals surface area contributed by atoms with Crippen LogP contribution in [-0.4, -0.2) is 24.0 Å². The number of fused-ring (bicyclic) bond motifs is 1. The van der Waals surface area contributed by atoms with Crippen LogP contribution in [0, 0.1) is 0 Å². The van der Waals surface area contributed by atoms with Crippen molar-refractivity contribution >= 4 is 63.7 Å². The van der Waals surface area contributed by atoms with Crippen molar-refractivity contribution < 1.29 is 19.1 Å². The third kappa shape index (κ3) is 6.03. The number of nitrogens with zero attached hydrogens (tertiary/aromatic N) is 1. The monoisotopic (exact) mass is 505 g/mol. The summed E-state index contributed by atoms with van der Waals surface area (Å²) in [5, 5.41) is 8.95. The molecule has 0 fully saturated rings. The van der Waals surface area contributed by atoms with Crippen molar-refractivity contribution in [2.75, 3.05) is 5.32 Å². The number of benzene rings is 4. The molecule has 0 saturated carbocycles. The van der Waals surface area contributed by atoms with E-state index in [1.54, 1.807) is 60.7 Å². The topological polar surface area (TPSA) is 96.9 Å². The number of carbonyl (C=O) groups is 3. The summed E-state index contributed by atoms with van der Waals surface area (Å²) in [6.07, 6.45) is 1.32. The van der Waals surface area contributed by atoms with E-state index >= 15 is 0 Å². The van der Waals surface area contributed by atoms with Gasteiger partial charge in [0.2, 0.25) is 0 Å². The number of nitrogens with one attached hydrogen (secondary N) is 2. The number of esters is 1. The minimum absolute atomic E-state index is 0.229. The first-order valence-electron chi connectivity index (χ1n) is 10.3. The SMILES string of the molecule is O=C(N/N=C/c1c(OC(=O)c2ccc(Cl)cc2)ccc2ccccc12)C(=O)Nc1ccc(Cl)cc1. The lowest BCUT2D eigenvalue weighted by molar-refractivity contribution is -0.136. The molecular weight excluding hydrogens is 489 g/mol. The third-order valence-corrected chi connectivity index (χ3v) is 5.39. The Morgan fingerprint density at radius 3 is 2.14 bits per heavy atom. The molecule has 2 amide bonds. The van der Waals surface area contributed by atoms with Crippen molar-refractivity contribution in [3.63, 3.8) is 0 Å². The van der Waals surface area contributed by atoms with Gasteiger partial charge in [-0.2, -0.15) is 5.10 Å². The van der Waals surface area contributed by atoms with Gasteiger partial charge < -0.3 is 10.1 Å². The van der Waals surface area contributed by atoms with E-state index < -0.39 is 17.8 Å². The normalized spacial score (nSPS) is 10.8. The van der Waals surface area contributed by atoms with E-state index in [-0.39, 0.29) is 5.75 Å². The molecule has 0 saturated heterocycles. The molecule has 0 aliphatic rings. The molecule has 4 aromatic rings. The van der Waals surface area contributed by atoms with E-state index in [1.807, 2.05) is 24.3 Å². The highest BCUT2D eigenvalue weighted by molar-refractivity contribution is 6.39. The maximum absolute atomic E-state index is 12.6. The highest BCUT2D eigenvalue weighted by Gasteiger charge is 2.15. The molecule has 0 unspecified atom stereocenters. The molecule has 0 atom stereocenters. The summed E-state index contributed by atoms with van der Waals surface area (Å²) in [4.78, 5) is 37.0. The van der Waals surface area contributed by atoms with Gasteiger partial charge >= 0.3 is 17.8 Å². The molecule has 0 aliphatic carbocycles. The smallest absolute Gasteiger partial charge is 0.343 e.